The van der Waals surface area contributed by atoms with Gasteiger partial charge in [-0.25, -0.2) is 4.39 Å². The third-order valence-electron chi connectivity index (χ3n) is 3.15. The van der Waals surface area contributed by atoms with E-state index < -0.39 is 0 Å². The largest absolute Gasteiger partial charge is 0.455 e. The lowest BCUT2D eigenvalue weighted by molar-refractivity contribution is 0.474. The molecule has 2 aromatic rings. The highest BCUT2D eigenvalue weighted by atomic mass is 127. The van der Waals surface area contributed by atoms with Crippen molar-refractivity contribution in [3.63, 3.8) is 0 Å². The fraction of sp³-hybridized carbons (Fsp3) is 0.250. The Morgan fingerprint density at radius 1 is 1.15 bits per heavy atom. The van der Waals surface area contributed by atoms with Crippen LogP contribution in [0.25, 0.3) is 0 Å². The number of nitrogen functional groups attached to an aromatic ring is 1. The molecule has 0 amide bonds. The molecular weight excluding hydrogens is 368 g/mol. The molecule has 0 aliphatic heterocycles. The van der Waals surface area contributed by atoms with Crippen molar-refractivity contribution in [2.45, 2.75) is 26.7 Å². The second kappa shape index (κ2) is 5.99. The molecule has 4 heteroatoms. The highest BCUT2D eigenvalue weighted by molar-refractivity contribution is 14.1. The van der Waals surface area contributed by atoms with Crippen LogP contribution in [0.1, 0.15) is 30.9 Å². The van der Waals surface area contributed by atoms with E-state index in [1.807, 2.05) is 41.6 Å². The van der Waals surface area contributed by atoms with E-state index in [4.69, 9.17) is 10.5 Å². The Balaban J connectivity index is 2.39. The number of hydrogen-bond donors (Lipinski definition) is 1. The molecule has 0 unspecified atom stereocenters. The summed E-state index contributed by atoms with van der Waals surface area (Å²) < 4.78 is 19.9. The van der Waals surface area contributed by atoms with Gasteiger partial charge in [0.05, 0.1) is 9.26 Å². The molecule has 2 aromatic carbocycles. The van der Waals surface area contributed by atoms with E-state index in [1.54, 1.807) is 6.07 Å². The number of nitrogens with two attached hydrogens (primary N) is 1. The van der Waals surface area contributed by atoms with Crippen molar-refractivity contribution in [3.8, 4) is 11.5 Å². The van der Waals surface area contributed by atoms with E-state index >= 15 is 0 Å². The molecule has 0 bridgehead atoms. The summed E-state index contributed by atoms with van der Waals surface area (Å²) in [6, 6.07) is 8.97. The van der Waals surface area contributed by atoms with Crippen LogP contribution in [0.15, 0.2) is 30.3 Å². The van der Waals surface area contributed by atoms with Gasteiger partial charge in [-0.3, -0.25) is 0 Å². The topological polar surface area (TPSA) is 35.2 Å². The zero-order valence-corrected chi connectivity index (χ0v) is 13.9. The Morgan fingerprint density at radius 2 is 1.85 bits per heavy atom. The Morgan fingerprint density at radius 3 is 2.50 bits per heavy atom. The van der Waals surface area contributed by atoms with Crippen molar-refractivity contribution in [1.82, 2.24) is 0 Å². The second-order valence-electron chi connectivity index (χ2n) is 5.09. The predicted molar refractivity (Wildman–Crippen MR) is 88.9 cm³/mol. The zero-order valence-electron chi connectivity index (χ0n) is 11.7. The highest BCUT2D eigenvalue weighted by Crippen LogP contribution is 2.33. The first-order valence-corrected chi connectivity index (χ1v) is 7.49. The minimum absolute atomic E-state index is 0.326. The van der Waals surface area contributed by atoms with E-state index in [-0.39, 0.29) is 5.82 Å². The van der Waals surface area contributed by atoms with Crippen LogP contribution in [0.5, 0.6) is 11.5 Å². The summed E-state index contributed by atoms with van der Waals surface area (Å²) in [6.45, 7) is 6.19. The Labute approximate surface area is 132 Å². The quantitative estimate of drug-likeness (QED) is 0.580. The second-order valence-corrected chi connectivity index (χ2v) is 6.25. The van der Waals surface area contributed by atoms with Gasteiger partial charge in [-0.2, -0.15) is 0 Å². The molecule has 0 atom stereocenters. The van der Waals surface area contributed by atoms with E-state index in [0.717, 1.165) is 5.56 Å². The van der Waals surface area contributed by atoms with Crippen molar-refractivity contribution >= 4 is 28.3 Å². The van der Waals surface area contributed by atoms with Gasteiger partial charge < -0.3 is 10.5 Å². The van der Waals surface area contributed by atoms with Crippen molar-refractivity contribution in [3.05, 3.63) is 50.8 Å². The van der Waals surface area contributed by atoms with Crippen molar-refractivity contribution in [2.24, 2.45) is 0 Å². The molecule has 0 saturated carbocycles. The van der Waals surface area contributed by atoms with Crippen LogP contribution in [0, 0.1) is 16.3 Å². The number of rotatable bonds is 3. The van der Waals surface area contributed by atoms with Gasteiger partial charge in [-0.1, -0.05) is 26.0 Å². The van der Waals surface area contributed by atoms with Crippen LogP contribution < -0.4 is 10.5 Å². The summed E-state index contributed by atoms with van der Waals surface area (Å²) >= 11 is 1.91. The Bertz CT molecular complexity index is 641. The average Bonchev–Trinajstić information content (AvgIpc) is 2.38. The molecule has 0 radical (unpaired) electrons. The van der Waals surface area contributed by atoms with Gasteiger partial charge in [0, 0.05) is 6.07 Å². The smallest absolute Gasteiger partial charge is 0.153 e. The van der Waals surface area contributed by atoms with Gasteiger partial charge in [0.2, 0.25) is 0 Å². The maximum absolute atomic E-state index is 13.6. The predicted octanol–water partition coefficient (Wildman–Crippen LogP) is 5.24. The molecule has 2 N–H and O–H groups in total. The molecule has 0 aliphatic rings. The normalized spacial score (nSPS) is 10.9. The number of halogens is 2. The van der Waals surface area contributed by atoms with Gasteiger partial charge in [0.1, 0.15) is 11.6 Å². The third kappa shape index (κ3) is 3.23. The third-order valence-corrected chi connectivity index (χ3v) is 3.98. The summed E-state index contributed by atoms with van der Waals surface area (Å²) in [6.07, 6.45) is 0. The summed E-state index contributed by atoms with van der Waals surface area (Å²) in [5.41, 5.74) is 8.49. The first-order valence-electron chi connectivity index (χ1n) is 6.41. The van der Waals surface area contributed by atoms with Gasteiger partial charge in [0.15, 0.2) is 5.75 Å². The lowest BCUT2D eigenvalue weighted by Gasteiger charge is -2.14. The molecule has 0 aliphatic carbocycles. The molecule has 2 rings (SSSR count). The molecule has 0 heterocycles. The first-order chi connectivity index (χ1) is 9.38. The van der Waals surface area contributed by atoms with Crippen LogP contribution in [0.3, 0.4) is 0 Å². The van der Waals surface area contributed by atoms with E-state index in [1.165, 1.54) is 11.6 Å². The fourth-order valence-corrected chi connectivity index (χ4v) is 2.33. The fourth-order valence-electron chi connectivity index (χ4n) is 1.84. The average molecular weight is 385 g/mol. The number of hydrogen-bond acceptors (Lipinski definition) is 2. The summed E-state index contributed by atoms with van der Waals surface area (Å²) in [4.78, 5) is 0. The summed E-state index contributed by atoms with van der Waals surface area (Å²) in [5.74, 6) is 1.15. The summed E-state index contributed by atoms with van der Waals surface area (Å²) in [5, 5.41) is 0. The van der Waals surface area contributed by atoms with Crippen LogP contribution >= 0.6 is 22.6 Å². The molecule has 0 fully saturated rings. The van der Waals surface area contributed by atoms with Crippen LogP contribution in [0.2, 0.25) is 0 Å². The lowest BCUT2D eigenvalue weighted by atomic mass is 10.0. The molecule has 0 spiro atoms. The number of aryl methyl sites for hydroxylation is 1. The van der Waals surface area contributed by atoms with Gasteiger partial charge in [0.25, 0.3) is 0 Å². The molecule has 20 heavy (non-hydrogen) atoms. The van der Waals surface area contributed by atoms with Gasteiger partial charge in [-0.15, -0.1) is 0 Å². The van der Waals surface area contributed by atoms with E-state index in [0.29, 0.717) is 26.7 Å². The van der Waals surface area contributed by atoms with Crippen molar-refractivity contribution in [1.29, 1.82) is 0 Å². The Kier molecular flexibility index (Phi) is 4.52. The molecule has 106 valence electrons. The number of ether oxygens (including phenoxy) is 1. The van der Waals surface area contributed by atoms with Crippen molar-refractivity contribution < 1.29 is 9.13 Å². The lowest BCUT2D eigenvalue weighted by Crippen LogP contribution is -1.97. The molecule has 0 aromatic heterocycles. The van der Waals surface area contributed by atoms with Gasteiger partial charge >= 0.3 is 0 Å². The maximum atomic E-state index is 13.6. The van der Waals surface area contributed by atoms with Crippen LogP contribution in [-0.4, -0.2) is 0 Å². The maximum Gasteiger partial charge on any atom is 0.153 e. The van der Waals surface area contributed by atoms with Crippen LogP contribution in [0.4, 0.5) is 10.1 Å². The first kappa shape index (κ1) is 15.1. The van der Waals surface area contributed by atoms with E-state index in [9.17, 15) is 4.39 Å². The SMILES string of the molecule is Cc1ccc(C(C)C)cc1Oc1cc(F)c(I)cc1N. The monoisotopic (exact) mass is 385 g/mol. The molecule has 0 saturated heterocycles. The standard InChI is InChI=1S/C16H17FINO/c1-9(2)11-5-4-10(3)15(6-11)20-16-7-12(17)13(18)8-14(16)19/h4-9H,19H2,1-3H3. The minimum atomic E-state index is -0.326. The highest BCUT2D eigenvalue weighted by Gasteiger charge is 2.11. The van der Waals surface area contributed by atoms with Crippen molar-refractivity contribution in [2.75, 3.05) is 5.73 Å². The van der Waals surface area contributed by atoms with E-state index in [2.05, 4.69) is 19.9 Å². The Hall–Kier alpha value is -1.30. The molecular formula is C16H17FINO. The summed E-state index contributed by atoms with van der Waals surface area (Å²) in [7, 11) is 0. The molecule has 2 nitrogen and oxygen atoms in total. The minimum Gasteiger partial charge on any atom is -0.455 e. The number of benzene rings is 2. The number of anilines is 1. The van der Waals surface area contributed by atoms with Crippen LogP contribution in [-0.2, 0) is 0 Å². The zero-order chi connectivity index (χ0) is 14.9. The van der Waals surface area contributed by atoms with Gasteiger partial charge in [-0.05, 0) is 58.7 Å².